The van der Waals surface area contributed by atoms with Gasteiger partial charge in [0.25, 0.3) is 0 Å². The van der Waals surface area contributed by atoms with Crippen molar-refractivity contribution in [2.45, 2.75) is 44.4 Å². The largest absolute Gasteiger partial charge is 0.309 e. The Bertz CT molecular complexity index is 388. The zero-order valence-electron chi connectivity index (χ0n) is 11.2. The van der Waals surface area contributed by atoms with E-state index in [9.17, 15) is 4.39 Å². The van der Waals surface area contributed by atoms with E-state index in [0.29, 0.717) is 5.25 Å². The molecular formula is C15H22FNS. The highest BCUT2D eigenvalue weighted by Gasteiger charge is 2.28. The normalized spacial score (nSPS) is 21.2. The topological polar surface area (TPSA) is 12.0 Å². The fourth-order valence-electron chi connectivity index (χ4n) is 2.51. The monoisotopic (exact) mass is 267 g/mol. The Hall–Kier alpha value is -0.540. The van der Waals surface area contributed by atoms with Gasteiger partial charge in [-0.25, -0.2) is 4.39 Å². The second kappa shape index (κ2) is 6.58. The first kappa shape index (κ1) is 13.9. The van der Waals surface area contributed by atoms with Crippen LogP contribution in [0.1, 0.15) is 43.4 Å². The summed E-state index contributed by atoms with van der Waals surface area (Å²) < 4.78 is 14.1. The highest BCUT2D eigenvalue weighted by atomic mass is 32.2. The molecule has 2 atom stereocenters. The fraction of sp³-hybridized carbons (Fsp3) is 0.600. The van der Waals surface area contributed by atoms with E-state index in [0.717, 1.165) is 24.1 Å². The Labute approximate surface area is 114 Å². The van der Waals surface area contributed by atoms with Gasteiger partial charge in [0.05, 0.1) is 0 Å². The molecule has 1 saturated heterocycles. The van der Waals surface area contributed by atoms with Crippen LogP contribution in [0.25, 0.3) is 0 Å². The van der Waals surface area contributed by atoms with Crippen molar-refractivity contribution in [3.05, 3.63) is 35.1 Å². The van der Waals surface area contributed by atoms with E-state index in [1.165, 1.54) is 18.6 Å². The summed E-state index contributed by atoms with van der Waals surface area (Å²) in [6, 6.07) is 5.61. The maximum Gasteiger partial charge on any atom is 0.128 e. The van der Waals surface area contributed by atoms with Gasteiger partial charge in [-0.1, -0.05) is 24.6 Å². The minimum Gasteiger partial charge on any atom is -0.309 e. The van der Waals surface area contributed by atoms with Gasteiger partial charge < -0.3 is 5.32 Å². The molecule has 2 unspecified atom stereocenters. The first-order chi connectivity index (χ1) is 8.72. The molecule has 1 heterocycles. The van der Waals surface area contributed by atoms with E-state index < -0.39 is 0 Å². The molecule has 1 fully saturated rings. The van der Waals surface area contributed by atoms with Gasteiger partial charge in [0, 0.05) is 16.9 Å². The first-order valence-corrected chi connectivity index (χ1v) is 7.88. The van der Waals surface area contributed by atoms with E-state index in [4.69, 9.17) is 0 Å². The smallest absolute Gasteiger partial charge is 0.128 e. The molecule has 2 rings (SSSR count). The summed E-state index contributed by atoms with van der Waals surface area (Å²) >= 11 is 1.98. The van der Waals surface area contributed by atoms with E-state index in [-0.39, 0.29) is 11.9 Å². The van der Waals surface area contributed by atoms with E-state index in [1.54, 1.807) is 6.07 Å². The van der Waals surface area contributed by atoms with Gasteiger partial charge in [0.2, 0.25) is 0 Å². The summed E-state index contributed by atoms with van der Waals surface area (Å²) in [4.78, 5) is 0. The molecule has 1 aromatic carbocycles. The molecule has 0 amide bonds. The quantitative estimate of drug-likeness (QED) is 0.863. The molecule has 1 aliphatic heterocycles. The van der Waals surface area contributed by atoms with Crippen molar-refractivity contribution in [2.24, 2.45) is 0 Å². The lowest BCUT2D eigenvalue weighted by atomic mass is 9.98. The lowest BCUT2D eigenvalue weighted by molar-refractivity contribution is 0.477. The SMILES string of the molecule is CCCNC(c1cc(C)ccc1F)C1CCCS1. The van der Waals surface area contributed by atoms with Crippen LogP contribution in [0.15, 0.2) is 18.2 Å². The molecule has 3 heteroatoms. The Balaban J connectivity index is 2.23. The minimum atomic E-state index is -0.0679. The number of aryl methyl sites for hydroxylation is 1. The van der Waals surface area contributed by atoms with E-state index >= 15 is 0 Å². The van der Waals surface area contributed by atoms with Gasteiger partial charge in [0.1, 0.15) is 5.82 Å². The van der Waals surface area contributed by atoms with Crippen LogP contribution in [0.3, 0.4) is 0 Å². The molecule has 1 nitrogen and oxygen atoms in total. The summed E-state index contributed by atoms with van der Waals surface area (Å²) in [5.41, 5.74) is 1.99. The Morgan fingerprint density at radius 2 is 2.33 bits per heavy atom. The van der Waals surface area contributed by atoms with Gasteiger partial charge in [-0.2, -0.15) is 11.8 Å². The third-order valence-electron chi connectivity index (χ3n) is 3.44. The average molecular weight is 267 g/mol. The number of nitrogens with one attached hydrogen (secondary N) is 1. The van der Waals surface area contributed by atoms with Gasteiger partial charge in [0.15, 0.2) is 0 Å². The van der Waals surface area contributed by atoms with Crippen LogP contribution in [-0.2, 0) is 0 Å². The summed E-state index contributed by atoms with van der Waals surface area (Å²) in [5.74, 6) is 1.14. The van der Waals surface area contributed by atoms with Crippen LogP contribution < -0.4 is 5.32 Å². The summed E-state index contributed by atoms with van der Waals surface area (Å²) in [6.45, 7) is 5.13. The van der Waals surface area contributed by atoms with Crippen LogP contribution in [0.4, 0.5) is 4.39 Å². The molecule has 0 aromatic heterocycles. The van der Waals surface area contributed by atoms with E-state index in [2.05, 4.69) is 12.2 Å². The van der Waals surface area contributed by atoms with Crippen molar-refractivity contribution >= 4 is 11.8 Å². The molecule has 0 aliphatic carbocycles. The van der Waals surface area contributed by atoms with Gasteiger partial charge >= 0.3 is 0 Å². The number of hydrogen-bond acceptors (Lipinski definition) is 2. The molecule has 18 heavy (non-hydrogen) atoms. The van der Waals surface area contributed by atoms with Crippen molar-refractivity contribution < 1.29 is 4.39 Å². The Morgan fingerprint density at radius 3 is 3.00 bits per heavy atom. The zero-order chi connectivity index (χ0) is 13.0. The van der Waals surface area contributed by atoms with Crippen LogP contribution >= 0.6 is 11.8 Å². The predicted molar refractivity (Wildman–Crippen MR) is 77.7 cm³/mol. The van der Waals surface area contributed by atoms with Crippen LogP contribution in [-0.4, -0.2) is 17.5 Å². The molecule has 0 bridgehead atoms. The van der Waals surface area contributed by atoms with Crippen molar-refractivity contribution in [1.29, 1.82) is 0 Å². The summed E-state index contributed by atoms with van der Waals surface area (Å²) in [6.07, 6.45) is 3.54. The molecule has 0 spiro atoms. The number of thioether (sulfide) groups is 1. The average Bonchev–Trinajstić information content (AvgIpc) is 2.88. The summed E-state index contributed by atoms with van der Waals surface area (Å²) in [5, 5.41) is 4.06. The molecule has 0 radical (unpaired) electrons. The zero-order valence-corrected chi connectivity index (χ0v) is 12.0. The van der Waals surface area contributed by atoms with Gasteiger partial charge in [-0.15, -0.1) is 0 Å². The van der Waals surface area contributed by atoms with Gasteiger partial charge in [-0.05, 0) is 44.6 Å². The maximum absolute atomic E-state index is 14.1. The number of hydrogen-bond donors (Lipinski definition) is 1. The van der Waals surface area contributed by atoms with Gasteiger partial charge in [-0.3, -0.25) is 0 Å². The second-order valence-electron chi connectivity index (χ2n) is 5.01. The van der Waals surface area contributed by atoms with Crippen LogP contribution in [0.5, 0.6) is 0 Å². The number of benzene rings is 1. The number of halogens is 1. The molecule has 1 aromatic rings. The van der Waals surface area contributed by atoms with Crippen molar-refractivity contribution in [3.8, 4) is 0 Å². The van der Waals surface area contributed by atoms with E-state index in [1.807, 2.05) is 30.8 Å². The molecule has 100 valence electrons. The highest BCUT2D eigenvalue weighted by Crippen LogP contribution is 2.37. The summed E-state index contributed by atoms with van der Waals surface area (Å²) in [7, 11) is 0. The maximum atomic E-state index is 14.1. The third kappa shape index (κ3) is 3.27. The molecule has 1 aliphatic rings. The third-order valence-corrected chi connectivity index (χ3v) is 4.90. The van der Waals surface area contributed by atoms with Crippen molar-refractivity contribution in [2.75, 3.05) is 12.3 Å². The minimum absolute atomic E-state index is 0.0679. The number of rotatable bonds is 5. The fourth-order valence-corrected chi connectivity index (χ4v) is 3.91. The lowest BCUT2D eigenvalue weighted by Crippen LogP contribution is -2.30. The molecule has 0 saturated carbocycles. The Morgan fingerprint density at radius 1 is 1.50 bits per heavy atom. The first-order valence-electron chi connectivity index (χ1n) is 6.83. The van der Waals surface area contributed by atoms with Crippen molar-refractivity contribution in [3.63, 3.8) is 0 Å². The highest BCUT2D eigenvalue weighted by molar-refractivity contribution is 8.00. The predicted octanol–water partition coefficient (Wildman–Crippen LogP) is 4.07. The lowest BCUT2D eigenvalue weighted by Gasteiger charge is -2.25. The molecule has 1 N–H and O–H groups in total. The Kier molecular flexibility index (Phi) is 5.07. The second-order valence-corrected chi connectivity index (χ2v) is 6.36. The van der Waals surface area contributed by atoms with Crippen LogP contribution in [0, 0.1) is 12.7 Å². The molecular weight excluding hydrogens is 245 g/mol. The van der Waals surface area contributed by atoms with Crippen molar-refractivity contribution in [1.82, 2.24) is 5.32 Å². The van der Waals surface area contributed by atoms with Crippen LogP contribution in [0.2, 0.25) is 0 Å². The standard InChI is InChI=1S/C15H22FNS/c1-3-8-17-15(14-5-4-9-18-14)12-10-11(2)6-7-13(12)16/h6-7,10,14-15,17H,3-5,8-9H2,1-2H3.